The molecule has 1 nitrogen and oxygen atoms in total. The van der Waals surface area contributed by atoms with Crippen LogP contribution in [0.3, 0.4) is 0 Å². The molecule has 0 aromatic rings. The number of nitrogens with one attached hydrogen (secondary N) is 1. The molecule has 0 radical (unpaired) electrons. The predicted molar refractivity (Wildman–Crippen MR) is 54.2 cm³/mol. The molecule has 1 aliphatic carbocycles. The van der Waals surface area contributed by atoms with Gasteiger partial charge in [0.1, 0.15) is 0 Å². The van der Waals surface area contributed by atoms with Gasteiger partial charge in [-0.05, 0) is 44.2 Å². The van der Waals surface area contributed by atoms with Crippen LogP contribution in [-0.2, 0) is 0 Å². The van der Waals surface area contributed by atoms with Crippen LogP contribution in [0.15, 0.2) is 0 Å². The van der Waals surface area contributed by atoms with Gasteiger partial charge in [0, 0.05) is 0 Å². The van der Waals surface area contributed by atoms with Crippen molar-refractivity contribution < 1.29 is 0 Å². The van der Waals surface area contributed by atoms with Crippen molar-refractivity contribution >= 4 is 0 Å². The van der Waals surface area contributed by atoms with E-state index in [1.807, 2.05) is 0 Å². The summed E-state index contributed by atoms with van der Waals surface area (Å²) in [6.07, 6.45) is 5.74. The van der Waals surface area contributed by atoms with Gasteiger partial charge in [-0.15, -0.1) is 0 Å². The van der Waals surface area contributed by atoms with Crippen molar-refractivity contribution in [2.24, 2.45) is 17.8 Å². The Morgan fingerprint density at radius 2 is 2.17 bits per heavy atom. The Bertz CT molecular complexity index is 122. The van der Waals surface area contributed by atoms with Gasteiger partial charge in [-0.25, -0.2) is 0 Å². The zero-order valence-electron chi connectivity index (χ0n) is 8.77. The third-order valence-electron chi connectivity index (χ3n) is 3.56. The van der Waals surface area contributed by atoms with Gasteiger partial charge in [0.25, 0.3) is 0 Å². The second kappa shape index (κ2) is 4.86. The molecule has 1 fully saturated rings. The van der Waals surface area contributed by atoms with Gasteiger partial charge in [-0.1, -0.05) is 26.7 Å². The Hall–Kier alpha value is -0.0400. The second-order valence-electron chi connectivity index (χ2n) is 4.30. The Labute approximate surface area is 76.9 Å². The molecule has 0 aromatic heterocycles. The SMILES string of the molecule is CCC(C)C1CCCC1CNC. The highest BCUT2D eigenvalue weighted by molar-refractivity contribution is 4.81. The molecule has 1 rings (SSSR count). The molecule has 72 valence electrons. The Balaban J connectivity index is 2.40. The summed E-state index contributed by atoms with van der Waals surface area (Å²) in [7, 11) is 2.08. The van der Waals surface area contributed by atoms with E-state index in [4.69, 9.17) is 0 Å². The van der Waals surface area contributed by atoms with E-state index in [2.05, 4.69) is 26.2 Å². The quantitative estimate of drug-likeness (QED) is 0.682. The monoisotopic (exact) mass is 169 g/mol. The highest BCUT2D eigenvalue weighted by atomic mass is 14.8. The van der Waals surface area contributed by atoms with Crippen LogP contribution < -0.4 is 5.32 Å². The lowest BCUT2D eigenvalue weighted by atomic mass is 9.83. The van der Waals surface area contributed by atoms with Gasteiger partial charge in [-0.3, -0.25) is 0 Å². The van der Waals surface area contributed by atoms with Gasteiger partial charge in [-0.2, -0.15) is 0 Å². The lowest BCUT2D eigenvalue weighted by molar-refractivity contribution is 0.268. The first-order chi connectivity index (χ1) is 5.79. The molecular weight excluding hydrogens is 146 g/mol. The van der Waals surface area contributed by atoms with Crippen LogP contribution in [-0.4, -0.2) is 13.6 Å². The Morgan fingerprint density at radius 3 is 2.75 bits per heavy atom. The largest absolute Gasteiger partial charge is 0.319 e. The van der Waals surface area contributed by atoms with E-state index in [1.165, 1.54) is 32.2 Å². The van der Waals surface area contributed by atoms with E-state index >= 15 is 0 Å². The summed E-state index contributed by atoms with van der Waals surface area (Å²) in [4.78, 5) is 0. The number of hydrogen-bond donors (Lipinski definition) is 1. The molecular formula is C11H23N. The van der Waals surface area contributed by atoms with Crippen molar-refractivity contribution in [1.82, 2.24) is 5.32 Å². The van der Waals surface area contributed by atoms with Crippen LogP contribution in [0.4, 0.5) is 0 Å². The molecule has 12 heavy (non-hydrogen) atoms. The third-order valence-corrected chi connectivity index (χ3v) is 3.56. The highest BCUT2D eigenvalue weighted by Crippen LogP contribution is 2.37. The second-order valence-corrected chi connectivity index (χ2v) is 4.30. The summed E-state index contributed by atoms with van der Waals surface area (Å²) >= 11 is 0. The van der Waals surface area contributed by atoms with Gasteiger partial charge in [0.05, 0.1) is 0 Å². The van der Waals surface area contributed by atoms with Crippen LogP contribution >= 0.6 is 0 Å². The third kappa shape index (κ3) is 2.22. The Kier molecular flexibility index (Phi) is 4.07. The topological polar surface area (TPSA) is 12.0 Å². The van der Waals surface area contributed by atoms with Gasteiger partial charge < -0.3 is 5.32 Å². The zero-order chi connectivity index (χ0) is 8.97. The molecule has 0 bridgehead atoms. The molecule has 3 unspecified atom stereocenters. The van der Waals surface area contributed by atoms with Gasteiger partial charge in [0.2, 0.25) is 0 Å². The van der Waals surface area contributed by atoms with Crippen LogP contribution in [0, 0.1) is 17.8 Å². The van der Waals surface area contributed by atoms with E-state index < -0.39 is 0 Å². The molecule has 1 saturated carbocycles. The fraction of sp³-hybridized carbons (Fsp3) is 1.00. The average molecular weight is 169 g/mol. The first-order valence-electron chi connectivity index (χ1n) is 5.44. The summed E-state index contributed by atoms with van der Waals surface area (Å²) in [6, 6.07) is 0. The van der Waals surface area contributed by atoms with E-state index in [0.29, 0.717) is 0 Å². The van der Waals surface area contributed by atoms with E-state index in [1.54, 1.807) is 0 Å². The molecule has 1 heteroatoms. The summed E-state index contributed by atoms with van der Waals surface area (Å²) < 4.78 is 0. The molecule has 3 atom stereocenters. The molecule has 0 spiro atoms. The molecule has 0 aliphatic heterocycles. The molecule has 0 heterocycles. The summed E-state index contributed by atoms with van der Waals surface area (Å²) in [5.74, 6) is 2.90. The minimum atomic E-state index is 0.936. The van der Waals surface area contributed by atoms with E-state index in [-0.39, 0.29) is 0 Å². The van der Waals surface area contributed by atoms with Crippen LogP contribution in [0.2, 0.25) is 0 Å². The fourth-order valence-corrected chi connectivity index (χ4v) is 2.63. The van der Waals surface area contributed by atoms with Crippen molar-refractivity contribution in [1.29, 1.82) is 0 Å². The van der Waals surface area contributed by atoms with Crippen molar-refractivity contribution in [2.75, 3.05) is 13.6 Å². The number of rotatable bonds is 4. The first-order valence-corrected chi connectivity index (χ1v) is 5.44. The van der Waals surface area contributed by atoms with Crippen molar-refractivity contribution in [3.63, 3.8) is 0 Å². The average Bonchev–Trinajstić information content (AvgIpc) is 2.52. The summed E-state index contributed by atoms with van der Waals surface area (Å²) in [6.45, 7) is 5.97. The van der Waals surface area contributed by atoms with Crippen molar-refractivity contribution in [3.05, 3.63) is 0 Å². The van der Waals surface area contributed by atoms with Crippen molar-refractivity contribution in [3.8, 4) is 0 Å². The van der Waals surface area contributed by atoms with Crippen LogP contribution in [0.1, 0.15) is 39.5 Å². The normalized spacial score (nSPS) is 32.2. The smallest absolute Gasteiger partial charge is 0.00208 e. The molecule has 0 amide bonds. The maximum atomic E-state index is 3.32. The minimum absolute atomic E-state index is 0.936. The lowest BCUT2D eigenvalue weighted by Gasteiger charge is -2.24. The van der Waals surface area contributed by atoms with Gasteiger partial charge >= 0.3 is 0 Å². The molecule has 1 N–H and O–H groups in total. The minimum Gasteiger partial charge on any atom is -0.319 e. The zero-order valence-corrected chi connectivity index (χ0v) is 8.77. The van der Waals surface area contributed by atoms with Crippen molar-refractivity contribution in [2.45, 2.75) is 39.5 Å². The summed E-state index contributed by atoms with van der Waals surface area (Å²) in [5, 5.41) is 3.32. The number of hydrogen-bond acceptors (Lipinski definition) is 1. The summed E-state index contributed by atoms with van der Waals surface area (Å²) in [5.41, 5.74) is 0. The maximum Gasteiger partial charge on any atom is -0.00208 e. The van der Waals surface area contributed by atoms with Gasteiger partial charge in [0.15, 0.2) is 0 Å². The fourth-order valence-electron chi connectivity index (χ4n) is 2.63. The lowest BCUT2D eigenvalue weighted by Crippen LogP contribution is -2.25. The molecule has 1 aliphatic rings. The van der Waals surface area contributed by atoms with E-state index in [0.717, 1.165) is 17.8 Å². The molecule has 0 aromatic carbocycles. The first kappa shape index (κ1) is 10.0. The van der Waals surface area contributed by atoms with E-state index in [9.17, 15) is 0 Å². The van der Waals surface area contributed by atoms with Crippen LogP contribution in [0.5, 0.6) is 0 Å². The standard InChI is InChI=1S/C11H23N/c1-4-9(2)11-7-5-6-10(11)8-12-3/h9-12H,4-8H2,1-3H3. The highest BCUT2D eigenvalue weighted by Gasteiger charge is 2.29. The predicted octanol–water partition coefficient (Wildman–Crippen LogP) is 2.67. The van der Waals surface area contributed by atoms with Crippen LogP contribution in [0.25, 0.3) is 0 Å². The molecule has 0 saturated heterocycles. The Morgan fingerprint density at radius 1 is 1.42 bits per heavy atom. The maximum absolute atomic E-state index is 3.32.